The Bertz CT molecular complexity index is 841. The van der Waals surface area contributed by atoms with Gasteiger partial charge in [-0.3, -0.25) is 4.79 Å². The van der Waals surface area contributed by atoms with Crippen LogP contribution in [0.25, 0.3) is 0 Å². The van der Waals surface area contributed by atoms with Gasteiger partial charge in [0.1, 0.15) is 0 Å². The van der Waals surface area contributed by atoms with Gasteiger partial charge >= 0.3 is 5.97 Å². The van der Waals surface area contributed by atoms with Crippen LogP contribution in [0.3, 0.4) is 0 Å². The lowest BCUT2D eigenvalue weighted by Gasteiger charge is -2.21. The lowest BCUT2D eigenvalue weighted by molar-refractivity contribution is -0.124. The zero-order valence-electron chi connectivity index (χ0n) is 17.2. The van der Waals surface area contributed by atoms with Crippen LogP contribution in [0, 0.1) is 0 Å². The van der Waals surface area contributed by atoms with Crippen molar-refractivity contribution in [3.05, 3.63) is 53.6 Å². The Morgan fingerprint density at radius 2 is 1.69 bits per heavy atom. The standard InChI is InChI=1S/C22H28N2O5/c1-5-28-19-12-15(13-23-17-9-7-16(8-10-17)21(26)27)6-11-18(19)29-14-20(25)24-22(2,3)4/h6-12,23H,5,13-14H2,1-4H3,(H,24,25)(H,26,27). The largest absolute Gasteiger partial charge is 0.490 e. The molecule has 2 aromatic carbocycles. The Balaban J connectivity index is 2.00. The van der Waals surface area contributed by atoms with Crippen LogP contribution in [0.15, 0.2) is 42.5 Å². The van der Waals surface area contributed by atoms with E-state index >= 15 is 0 Å². The number of ether oxygens (including phenoxy) is 2. The summed E-state index contributed by atoms with van der Waals surface area (Å²) in [5.74, 6) is -0.0813. The number of anilines is 1. The summed E-state index contributed by atoms with van der Waals surface area (Å²) >= 11 is 0. The van der Waals surface area contributed by atoms with Crippen LogP contribution in [0.1, 0.15) is 43.6 Å². The predicted octanol–water partition coefficient (Wildman–Crippen LogP) is 3.69. The van der Waals surface area contributed by atoms with E-state index in [2.05, 4.69) is 10.6 Å². The fourth-order valence-corrected chi connectivity index (χ4v) is 2.58. The van der Waals surface area contributed by atoms with Gasteiger partial charge in [-0.25, -0.2) is 4.79 Å². The first kappa shape index (κ1) is 22.1. The van der Waals surface area contributed by atoms with Crippen molar-refractivity contribution < 1.29 is 24.2 Å². The summed E-state index contributed by atoms with van der Waals surface area (Å²) in [6.45, 7) is 8.51. The minimum absolute atomic E-state index is 0.0924. The lowest BCUT2D eigenvalue weighted by Crippen LogP contribution is -2.43. The van der Waals surface area contributed by atoms with E-state index in [4.69, 9.17) is 14.6 Å². The van der Waals surface area contributed by atoms with E-state index in [0.29, 0.717) is 24.7 Å². The highest BCUT2D eigenvalue weighted by Crippen LogP contribution is 2.29. The number of amides is 1. The van der Waals surface area contributed by atoms with Crippen LogP contribution < -0.4 is 20.1 Å². The SMILES string of the molecule is CCOc1cc(CNc2ccc(C(=O)O)cc2)ccc1OCC(=O)NC(C)(C)C. The second-order valence-electron chi connectivity index (χ2n) is 7.54. The quantitative estimate of drug-likeness (QED) is 0.594. The molecule has 0 aliphatic carbocycles. The molecule has 0 bridgehead atoms. The van der Waals surface area contributed by atoms with Gasteiger partial charge in [0.2, 0.25) is 0 Å². The van der Waals surface area contributed by atoms with E-state index in [-0.39, 0.29) is 23.6 Å². The number of carboxylic acid groups (broad SMARTS) is 1. The van der Waals surface area contributed by atoms with Crippen molar-refractivity contribution in [3.63, 3.8) is 0 Å². The molecule has 29 heavy (non-hydrogen) atoms. The van der Waals surface area contributed by atoms with Gasteiger partial charge in [-0.15, -0.1) is 0 Å². The van der Waals surface area contributed by atoms with E-state index in [9.17, 15) is 9.59 Å². The van der Waals surface area contributed by atoms with E-state index < -0.39 is 5.97 Å². The summed E-state index contributed by atoms with van der Waals surface area (Å²) < 4.78 is 11.3. The smallest absolute Gasteiger partial charge is 0.335 e. The van der Waals surface area contributed by atoms with E-state index in [1.54, 1.807) is 30.3 Å². The molecular weight excluding hydrogens is 372 g/mol. The van der Waals surface area contributed by atoms with Crippen molar-refractivity contribution in [3.8, 4) is 11.5 Å². The summed E-state index contributed by atoms with van der Waals surface area (Å²) in [6.07, 6.45) is 0. The number of rotatable bonds is 9. The fraction of sp³-hybridized carbons (Fsp3) is 0.364. The topological polar surface area (TPSA) is 96.9 Å². The Hall–Kier alpha value is -3.22. The molecule has 0 heterocycles. The van der Waals surface area contributed by atoms with Crippen molar-refractivity contribution in [2.75, 3.05) is 18.5 Å². The molecule has 0 aliphatic heterocycles. The highest BCUT2D eigenvalue weighted by atomic mass is 16.5. The predicted molar refractivity (Wildman–Crippen MR) is 112 cm³/mol. The van der Waals surface area contributed by atoms with E-state index in [1.165, 1.54) is 0 Å². The van der Waals surface area contributed by atoms with Crippen LogP contribution in [-0.2, 0) is 11.3 Å². The van der Waals surface area contributed by atoms with Crippen molar-refractivity contribution >= 4 is 17.6 Å². The van der Waals surface area contributed by atoms with Crippen LogP contribution >= 0.6 is 0 Å². The summed E-state index contributed by atoms with van der Waals surface area (Å²) in [6, 6.07) is 12.1. The summed E-state index contributed by atoms with van der Waals surface area (Å²) in [4.78, 5) is 22.9. The summed E-state index contributed by atoms with van der Waals surface area (Å²) in [5, 5.41) is 15.0. The molecule has 0 spiro atoms. The van der Waals surface area contributed by atoms with Crippen LogP contribution in [0.2, 0.25) is 0 Å². The number of hydrogen-bond acceptors (Lipinski definition) is 5. The van der Waals surface area contributed by atoms with Gasteiger partial charge in [0, 0.05) is 17.8 Å². The minimum Gasteiger partial charge on any atom is -0.490 e. The average molecular weight is 400 g/mol. The molecule has 0 fully saturated rings. The van der Waals surface area contributed by atoms with Crippen LogP contribution in [-0.4, -0.2) is 35.7 Å². The molecule has 2 aromatic rings. The number of benzene rings is 2. The van der Waals surface area contributed by atoms with Crippen molar-refractivity contribution in [1.29, 1.82) is 0 Å². The Morgan fingerprint density at radius 1 is 1.00 bits per heavy atom. The first-order chi connectivity index (χ1) is 13.7. The molecule has 0 saturated carbocycles. The molecular formula is C22H28N2O5. The normalized spacial score (nSPS) is 10.9. The molecule has 7 heteroatoms. The number of carboxylic acids is 1. The summed E-state index contributed by atoms with van der Waals surface area (Å²) in [7, 11) is 0. The summed E-state index contributed by atoms with van der Waals surface area (Å²) in [5.41, 5.74) is 1.70. The molecule has 2 rings (SSSR count). The molecule has 0 aromatic heterocycles. The highest BCUT2D eigenvalue weighted by molar-refractivity contribution is 5.88. The second-order valence-corrected chi connectivity index (χ2v) is 7.54. The molecule has 0 atom stereocenters. The third-order valence-electron chi connectivity index (χ3n) is 3.81. The minimum atomic E-state index is -0.954. The third kappa shape index (κ3) is 7.37. The van der Waals surface area contributed by atoms with Gasteiger partial charge in [-0.2, -0.15) is 0 Å². The monoisotopic (exact) mass is 400 g/mol. The van der Waals surface area contributed by atoms with Crippen molar-refractivity contribution in [2.24, 2.45) is 0 Å². The van der Waals surface area contributed by atoms with Crippen molar-refractivity contribution in [2.45, 2.75) is 39.8 Å². The molecule has 156 valence electrons. The molecule has 7 nitrogen and oxygen atoms in total. The lowest BCUT2D eigenvalue weighted by atomic mass is 10.1. The van der Waals surface area contributed by atoms with E-state index in [0.717, 1.165) is 11.3 Å². The Morgan fingerprint density at radius 3 is 2.28 bits per heavy atom. The molecule has 0 aliphatic rings. The van der Waals surface area contributed by atoms with E-state index in [1.807, 2.05) is 39.8 Å². The zero-order chi connectivity index (χ0) is 21.4. The number of aromatic carboxylic acids is 1. The first-order valence-electron chi connectivity index (χ1n) is 9.44. The van der Waals surface area contributed by atoms with Gasteiger partial charge in [0.25, 0.3) is 5.91 Å². The van der Waals surface area contributed by atoms with Gasteiger partial charge in [0.05, 0.1) is 12.2 Å². The van der Waals surface area contributed by atoms with Crippen molar-refractivity contribution in [1.82, 2.24) is 5.32 Å². The second kappa shape index (κ2) is 9.82. The molecule has 3 N–H and O–H groups in total. The first-order valence-corrected chi connectivity index (χ1v) is 9.44. The Labute approximate surface area is 171 Å². The zero-order valence-corrected chi connectivity index (χ0v) is 17.2. The molecule has 0 unspecified atom stereocenters. The number of nitrogens with one attached hydrogen (secondary N) is 2. The number of carbonyl (C=O) groups is 2. The van der Waals surface area contributed by atoms with Crippen LogP contribution in [0.5, 0.6) is 11.5 Å². The molecule has 0 saturated heterocycles. The third-order valence-corrected chi connectivity index (χ3v) is 3.81. The highest BCUT2D eigenvalue weighted by Gasteiger charge is 2.15. The fourth-order valence-electron chi connectivity index (χ4n) is 2.58. The van der Waals surface area contributed by atoms with Gasteiger partial charge < -0.3 is 25.2 Å². The Kier molecular flexibility index (Phi) is 7.47. The molecule has 0 radical (unpaired) electrons. The maximum Gasteiger partial charge on any atom is 0.335 e. The van der Waals surface area contributed by atoms with Crippen LogP contribution in [0.4, 0.5) is 5.69 Å². The van der Waals surface area contributed by atoms with Gasteiger partial charge in [-0.05, 0) is 69.7 Å². The molecule has 1 amide bonds. The average Bonchev–Trinajstić information content (AvgIpc) is 2.65. The maximum atomic E-state index is 12.0. The maximum absolute atomic E-state index is 12.0. The van der Waals surface area contributed by atoms with Gasteiger partial charge in [-0.1, -0.05) is 6.07 Å². The number of hydrogen-bond donors (Lipinski definition) is 3. The van der Waals surface area contributed by atoms with Gasteiger partial charge in [0.15, 0.2) is 18.1 Å². The number of carbonyl (C=O) groups excluding carboxylic acids is 1.